The highest BCUT2D eigenvalue weighted by atomic mass is 15.1. The van der Waals surface area contributed by atoms with Gasteiger partial charge in [-0.25, -0.2) is 4.98 Å². The first-order valence-corrected chi connectivity index (χ1v) is 3.56. The van der Waals surface area contributed by atoms with Gasteiger partial charge in [0.2, 0.25) is 0 Å². The highest BCUT2D eigenvalue weighted by Crippen LogP contribution is 2.09. The zero-order valence-corrected chi connectivity index (χ0v) is 6.38. The Bertz CT molecular complexity index is 366. The molecule has 0 aliphatic rings. The van der Waals surface area contributed by atoms with E-state index in [1.165, 1.54) is 0 Å². The number of imidazole rings is 1. The second-order valence-electron chi connectivity index (χ2n) is 2.40. The van der Waals surface area contributed by atoms with E-state index in [9.17, 15) is 0 Å². The minimum atomic E-state index is 0.614. The summed E-state index contributed by atoms with van der Waals surface area (Å²) in [6, 6.07) is 3.78. The molecule has 2 aromatic heterocycles. The zero-order valence-electron chi connectivity index (χ0n) is 6.38. The van der Waals surface area contributed by atoms with E-state index in [0.29, 0.717) is 5.82 Å². The second-order valence-corrected chi connectivity index (χ2v) is 2.40. The molecule has 0 bridgehead atoms. The smallest absolute Gasteiger partial charge is 0.127 e. The van der Waals surface area contributed by atoms with E-state index in [4.69, 9.17) is 5.73 Å². The van der Waals surface area contributed by atoms with Gasteiger partial charge in [-0.1, -0.05) is 0 Å². The molecule has 2 aromatic rings. The molecule has 0 aliphatic heterocycles. The minimum absolute atomic E-state index is 0.614. The molecule has 0 saturated heterocycles. The van der Waals surface area contributed by atoms with Crippen LogP contribution in [-0.4, -0.2) is 14.5 Å². The molecule has 60 valence electrons. The van der Waals surface area contributed by atoms with Crippen molar-refractivity contribution >= 4 is 5.82 Å². The molecule has 4 nitrogen and oxygen atoms in total. The van der Waals surface area contributed by atoms with Crippen LogP contribution in [0.3, 0.4) is 0 Å². The largest absolute Gasteiger partial charge is 0.383 e. The summed E-state index contributed by atoms with van der Waals surface area (Å²) in [5.74, 6) is 0.614. The molecule has 0 saturated carbocycles. The maximum atomic E-state index is 5.65. The van der Waals surface area contributed by atoms with E-state index in [2.05, 4.69) is 9.97 Å². The summed E-state index contributed by atoms with van der Waals surface area (Å²) >= 11 is 0. The molecular weight excluding hydrogens is 152 g/mol. The van der Waals surface area contributed by atoms with E-state index in [1.807, 2.05) is 12.1 Å². The van der Waals surface area contributed by atoms with Crippen molar-refractivity contribution in [1.82, 2.24) is 14.5 Å². The van der Waals surface area contributed by atoms with Crippen molar-refractivity contribution in [1.29, 1.82) is 0 Å². The average molecular weight is 160 g/mol. The number of pyridine rings is 1. The number of aromatic nitrogens is 3. The molecule has 0 fully saturated rings. The molecule has 2 heterocycles. The Morgan fingerprint density at radius 1 is 1.25 bits per heavy atom. The maximum absolute atomic E-state index is 5.65. The molecule has 0 unspecified atom stereocenters. The minimum Gasteiger partial charge on any atom is -0.383 e. The fourth-order valence-corrected chi connectivity index (χ4v) is 1.02. The van der Waals surface area contributed by atoms with Gasteiger partial charge in [-0.3, -0.25) is 9.55 Å². The van der Waals surface area contributed by atoms with Crippen LogP contribution in [-0.2, 0) is 0 Å². The number of nitrogen functional groups attached to an aromatic ring is 1. The number of anilines is 1. The number of hydrogen-bond acceptors (Lipinski definition) is 3. The van der Waals surface area contributed by atoms with Gasteiger partial charge < -0.3 is 5.73 Å². The quantitative estimate of drug-likeness (QED) is 0.672. The Labute approximate surface area is 69.7 Å². The van der Waals surface area contributed by atoms with E-state index < -0.39 is 0 Å². The zero-order chi connectivity index (χ0) is 8.39. The van der Waals surface area contributed by atoms with Gasteiger partial charge in [0.15, 0.2) is 0 Å². The Morgan fingerprint density at radius 3 is 2.75 bits per heavy atom. The van der Waals surface area contributed by atoms with Crippen molar-refractivity contribution in [3.63, 3.8) is 0 Å². The topological polar surface area (TPSA) is 56.7 Å². The van der Waals surface area contributed by atoms with E-state index in [0.717, 1.165) is 5.69 Å². The molecule has 0 aromatic carbocycles. The van der Waals surface area contributed by atoms with E-state index in [1.54, 1.807) is 29.5 Å². The van der Waals surface area contributed by atoms with Gasteiger partial charge in [0.1, 0.15) is 12.1 Å². The third kappa shape index (κ3) is 1.03. The lowest BCUT2D eigenvalue weighted by molar-refractivity contribution is 1.05. The van der Waals surface area contributed by atoms with Crippen molar-refractivity contribution < 1.29 is 0 Å². The van der Waals surface area contributed by atoms with Crippen LogP contribution in [0, 0.1) is 0 Å². The third-order valence-electron chi connectivity index (χ3n) is 1.59. The van der Waals surface area contributed by atoms with Crippen molar-refractivity contribution in [3.05, 3.63) is 37.1 Å². The van der Waals surface area contributed by atoms with Crippen LogP contribution in [0.5, 0.6) is 0 Å². The van der Waals surface area contributed by atoms with Crippen molar-refractivity contribution in [3.8, 4) is 5.69 Å². The second kappa shape index (κ2) is 2.65. The summed E-state index contributed by atoms with van der Waals surface area (Å²) in [7, 11) is 0. The Kier molecular flexibility index (Phi) is 1.51. The molecule has 2 rings (SSSR count). The van der Waals surface area contributed by atoms with Crippen molar-refractivity contribution in [2.24, 2.45) is 0 Å². The van der Waals surface area contributed by atoms with Gasteiger partial charge in [0.25, 0.3) is 0 Å². The number of rotatable bonds is 1. The van der Waals surface area contributed by atoms with Gasteiger partial charge in [0, 0.05) is 6.20 Å². The Hall–Kier alpha value is -1.84. The summed E-state index contributed by atoms with van der Waals surface area (Å²) in [4.78, 5) is 7.89. The third-order valence-corrected chi connectivity index (χ3v) is 1.59. The predicted octanol–water partition coefficient (Wildman–Crippen LogP) is 0.850. The molecule has 0 aliphatic carbocycles. The van der Waals surface area contributed by atoms with Gasteiger partial charge in [-0.15, -0.1) is 0 Å². The first-order chi connectivity index (χ1) is 5.88. The SMILES string of the molecule is Nc1cncn1-c1cccnc1. The monoisotopic (exact) mass is 160 g/mol. The molecule has 0 atom stereocenters. The molecule has 2 N–H and O–H groups in total. The first-order valence-electron chi connectivity index (χ1n) is 3.56. The lowest BCUT2D eigenvalue weighted by Crippen LogP contribution is -1.97. The number of nitrogens with two attached hydrogens (primary N) is 1. The Morgan fingerprint density at radius 2 is 2.17 bits per heavy atom. The summed E-state index contributed by atoms with van der Waals surface area (Å²) in [6.07, 6.45) is 6.72. The fourth-order valence-electron chi connectivity index (χ4n) is 1.02. The van der Waals surface area contributed by atoms with Crippen LogP contribution in [0.15, 0.2) is 37.1 Å². The Balaban J connectivity index is 2.51. The van der Waals surface area contributed by atoms with Crippen molar-refractivity contribution in [2.75, 3.05) is 5.73 Å². The first kappa shape index (κ1) is 6.84. The number of hydrogen-bond donors (Lipinski definition) is 1. The normalized spacial score (nSPS) is 10.0. The number of nitrogens with zero attached hydrogens (tertiary/aromatic N) is 3. The molecule has 4 heteroatoms. The van der Waals surface area contributed by atoms with Crippen LogP contribution in [0.4, 0.5) is 5.82 Å². The van der Waals surface area contributed by atoms with Gasteiger partial charge in [-0.2, -0.15) is 0 Å². The molecule has 0 amide bonds. The summed E-state index contributed by atoms with van der Waals surface area (Å²) < 4.78 is 1.77. The molecule has 0 radical (unpaired) electrons. The van der Waals surface area contributed by atoms with Crippen LogP contribution in [0.25, 0.3) is 5.69 Å². The predicted molar refractivity (Wildman–Crippen MR) is 45.8 cm³/mol. The van der Waals surface area contributed by atoms with Gasteiger partial charge >= 0.3 is 0 Å². The average Bonchev–Trinajstić information content (AvgIpc) is 2.53. The fraction of sp³-hybridized carbons (Fsp3) is 0. The summed E-state index contributed by atoms with van der Waals surface area (Å²) in [5, 5.41) is 0. The summed E-state index contributed by atoms with van der Waals surface area (Å²) in [6.45, 7) is 0. The van der Waals surface area contributed by atoms with Gasteiger partial charge in [0.05, 0.1) is 18.1 Å². The molecule has 12 heavy (non-hydrogen) atoms. The van der Waals surface area contributed by atoms with E-state index in [-0.39, 0.29) is 0 Å². The standard InChI is InChI=1S/C8H8N4/c9-8-5-11-6-12(8)7-2-1-3-10-4-7/h1-6H,9H2. The summed E-state index contributed by atoms with van der Waals surface area (Å²) in [5.41, 5.74) is 6.57. The lowest BCUT2D eigenvalue weighted by atomic mass is 10.4. The van der Waals surface area contributed by atoms with Crippen LogP contribution in [0.1, 0.15) is 0 Å². The highest BCUT2D eigenvalue weighted by Gasteiger charge is 1.98. The van der Waals surface area contributed by atoms with Crippen LogP contribution >= 0.6 is 0 Å². The van der Waals surface area contributed by atoms with Crippen molar-refractivity contribution in [2.45, 2.75) is 0 Å². The van der Waals surface area contributed by atoms with E-state index >= 15 is 0 Å². The van der Waals surface area contributed by atoms with Gasteiger partial charge in [-0.05, 0) is 12.1 Å². The van der Waals surface area contributed by atoms with Crippen LogP contribution in [0.2, 0.25) is 0 Å². The highest BCUT2D eigenvalue weighted by molar-refractivity contribution is 5.39. The van der Waals surface area contributed by atoms with Crippen LogP contribution < -0.4 is 5.73 Å². The molecular formula is C8H8N4. The lowest BCUT2D eigenvalue weighted by Gasteiger charge is -2.01. The molecule has 0 spiro atoms. The maximum Gasteiger partial charge on any atom is 0.127 e.